The second kappa shape index (κ2) is 6.91. The number of nitrogens with one attached hydrogen (secondary N) is 1. The number of phenols is 1. The zero-order chi connectivity index (χ0) is 19.7. The van der Waals surface area contributed by atoms with E-state index in [4.69, 9.17) is 5.11 Å². The molecule has 0 atom stereocenters. The third-order valence-corrected chi connectivity index (χ3v) is 4.27. The number of aromatic nitrogens is 2. The predicted molar refractivity (Wildman–Crippen MR) is 99.8 cm³/mol. The molecule has 0 aliphatic heterocycles. The number of aromatic amines is 1. The summed E-state index contributed by atoms with van der Waals surface area (Å²) in [7, 11) is 0. The van der Waals surface area contributed by atoms with Gasteiger partial charge in [0, 0.05) is 0 Å². The van der Waals surface area contributed by atoms with Gasteiger partial charge in [-0.2, -0.15) is 0 Å². The molecule has 0 radical (unpaired) electrons. The van der Waals surface area contributed by atoms with Crippen molar-refractivity contribution >= 4 is 17.3 Å². The molecular weight excluding hydrogens is 348 g/mol. The third-order valence-electron chi connectivity index (χ3n) is 4.27. The lowest BCUT2D eigenvalue weighted by molar-refractivity contribution is 0.0697. The van der Waals surface area contributed by atoms with Crippen LogP contribution in [-0.4, -0.2) is 26.0 Å². The highest BCUT2D eigenvalue weighted by Gasteiger charge is 2.13. The number of aromatic hydroxyl groups is 1. The molecule has 0 fully saturated rings. The van der Waals surface area contributed by atoms with Gasteiger partial charge in [-0.05, 0) is 62.2 Å². The van der Waals surface area contributed by atoms with Crippen LogP contribution < -0.4 is 5.56 Å². The number of H-pyrrole nitrogens is 1. The summed E-state index contributed by atoms with van der Waals surface area (Å²) in [4.78, 5) is 23.7. The monoisotopic (exact) mass is 366 g/mol. The maximum absolute atomic E-state index is 12.7. The van der Waals surface area contributed by atoms with Crippen LogP contribution >= 0.6 is 0 Å². The standard InChI is InChI=1S/C19H18N4O4/c1-10-4-6-14(8-11(10)2)23-18(25)17(12(3)22-23)21-20-15-9-13(19(26)27)5-7-16(15)24/h4-9,22,24H,1-3H3,(H,26,27). The summed E-state index contributed by atoms with van der Waals surface area (Å²) in [6.45, 7) is 5.62. The molecule has 1 heterocycles. The molecule has 0 unspecified atom stereocenters. The number of hydrogen-bond donors (Lipinski definition) is 3. The lowest BCUT2D eigenvalue weighted by atomic mass is 10.1. The van der Waals surface area contributed by atoms with Crippen molar-refractivity contribution in [3.63, 3.8) is 0 Å². The summed E-state index contributed by atoms with van der Waals surface area (Å²) in [5.41, 5.74) is 2.93. The van der Waals surface area contributed by atoms with Crippen molar-refractivity contribution in [2.24, 2.45) is 10.2 Å². The van der Waals surface area contributed by atoms with Gasteiger partial charge in [0.05, 0.1) is 16.9 Å². The summed E-state index contributed by atoms with van der Waals surface area (Å²) < 4.78 is 1.36. The molecule has 3 rings (SSSR count). The van der Waals surface area contributed by atoms with E-state index in [1.54, 1.807) is 6.92 Å². The first kappa shape index (κ1) is 18.1. The second-order valence-corrected chi connectivity index (χ2v) is 6.20. The first-order chi connectivity index (χ1) is 12.8. The van der Waals surface area contributed by atoms with E-state index in [0.29, 0.717) is 11.4 Å². The van der Waals surface area contributed by atoms with Crippen LogP contribution in [0, 0.1) is 20.8 Å². The van der Waals surface area contributed by atoms with Gasteiger partial charge in [-0.1, -0.05) is 6.07 Å². The molecule has 3 N–H and O–H groups in total. The van der Waals surface area contributed by atoms with Crippen LogP contribution in [0.3, 0.4) is 0 Å². The molecule has 0 saturated heterocycles. The number of nitrogens with zero attached hydrogens (tertiary/aromatic N) is 3. The van der Waals surface area contributed by atoms with Gasteiger partial charge < -0.3 is 10.2 Å². The van der Waals surface area contributed by atoms with Gasteiger partial charge in [-0.15, -0.1) is 10.2 Å². The van der Waals surface area contributed by atoms with Crippen molar-refractivity contribution in [2.45, 2.75) is 20.8 Å². The largest absolute Gasteiger partial charge is 0.506 e. The summed E-state index contributed by atoms with van der Waals surface area (Å²) in [5, 5.41) is 29.6. The highest BCUT2D eigenvalue weighted by Crippen LogP contribution is 2.29. The Morgan fingerprint density at radius 3 is 2.44 bits per heavy atom. The molecular formula is C19H18N4O4. The van der Waals surface area contributed by atoms with Gasteiger partial charge in [-0.25, -0.2) is 9.48 Å². The number of aromatic carboxylic acids is 1. The normalized spacial score (nSPS) is 11.2. The van der Waals surface area contributed by atoms with Crippen molar-refractivity contribution in [1.29, 1.82) is 0 Å². The first-order valence-electron chi connectivity index (χ1n) is 8.15. The van der Waals surface area contributed by atoms with E-state index in [9.17, 15) is 14.7 Å². The van der Waals surface area contributed by atoms with E-state index in [0.717, 1.165) is 11.1 Å². The number of phenolic OH excluding ortho intramolecular Hbond substituents is 1. The Hall–Kier alpha value is -3.68. The molecule has 0 amide bonds. The number of benzene rings is 2. The number of carboxylic acids is 1. The summed E-state index contributed by atoms with van der Waals surface area (Å²) in [6, 6.07) is 9.29. The average molecular weight is 366 g/mol. The van der Waals surface area contributed by atoms with E-state index in [2.05, 4.69) is 15.3 Å². The Labute approximate surface area is 154 Å². The van der Waals surface area contributed by atoms with E-state index in [-0.39, 0.29) is 22.7 Å². The van der Waals surface area contributed by atoms with E-state index < -0.39 is 11.5 Å². The Bertz CT molecular complexity index is 1130. The molecule has 2 aromatic carbocycles. The minimum Gasteiger partial charge on any atom is -0.506 e. The van der Waals surface area contributed by atoms with Crippen LogP contribution in [0.15, 0.2) is 51.4 Å². The fourth-order valence-electron chi connectivity index (χ4n) is 2.54. The van der Waals surface area contributed by atoms with Crippen LogP contribution in [0.2, 0.25) is 0 Å². The molecule has 0 aliphatic rings. The third kappa shape index (κ3) is 3.50. The zero-order valence-corrected chi connectivity index (χ0v) is 15.0. The molecule has 138 valence electrons. The van der Waals surface area contributed by atoms with Crippen molar-refractivity contribution < 1.29 is 15.0 Å². The van der Waals surface area contributed by atoms with Crippen LogP contribution in [0.25, 0.3) is 5.69 Å². The Balaban J connectivity index is 2.02. The van der Waals surface area contributed by atoms with Gasteiger partial charge in [0.15, 0.2) is 5.69 Å². The lowest BCUT2D eigenvalue weighted by Crippen LogP contribution is -2.14. The molecule has 0 saturated carbocycles. The molecule has 8 heteroatoms. The van der Waals surface area contributed by atoms with E-state index >= 15 is 0 Å². The number of carbonyl (C=O) groups is 1. The summed E-state index contributed by atoms with van der Waals surface area (Å²) >= 11 is 0. The number of carboxylic acid groups (broad SMARTS) is 1. The molecule has 1 aromatic heterocycles. The molecule has 3 aromatic rings. The van der Waals surface area contributed by atoms with Crippen LogP contribution in [0.4, 0.5) is 11.4 Å². The maximum atomic E-state index is 12.7. The second-order valence-electron chi connectivity index (χ2n) is 6.20. The lowest BCUT2D eigenvalue weighted by Gasteiger charge is -2.05. The fraction of sp³-hybridized carbons (Fsp3) is 0.158. The zero-order valence-electron chi connectivity index (χ0n) is 15.0. The number of hydrogen-bond acceptors (Lipinski definition) is 5. The van der Waals surface area contributed by atoms with E-state index in [1.165, 1.54) is 22.9 Å². The molecule has 0 aliphatic carbocycles. The van der Waals surface area contributed by atoms with Gasteiger partial charge in [-0.3, -0.25) is 9.89 Å². The number of azo groups is 1. The van der Waals surface area contributed by atoms with Crippen molar-refractivity contribution in [2.75, 3.05) is 0 Å². The Morgan fingerprint density at radius 1 is 1.04 bits per heavy atom. The van der Waals surface area contributed by atoms with Gasteiger partial charge in [0.2, 0.25) is 0 Å². The van der Waals surface area contributed by atoms with Gasteiger partial charge in [0.1, 0.15) is 11.4 Å². The minimum absolute atomic E-state index is 0.0346. The van der Waals surface area contributed by atoms with Crippen LogP contribution in [0.1, 0.15) is 27.2 Å². The topological polar surface area (TPSA) is 120 Å². The molecule has 8 nitrogen and oxygen atoms in total. The van der Waals surface area contributed by atoms with E-state index in [1.807, 2.05) is 32.0 Å². The van der Waals surface area contributed by atoms with Gasteiger partial charge in [0.25, 0.3) is 5.56 Å². The maximum Gasteiger partial charge on any atom is 0.335 e. The fourth-order valence-corrected chi connectivity index (χ4v) is 2.54. The summed E-state index contributed by atoms with van der Waals surface area (Å²) in [5.74, 6) is -1.38. The van der Waals surface area contributed by atoms with Crippen molar-refractivity contribution in [3.8, 4) is 11.4 Å². The van der Waals surface area contributed by atoms with Gasteiger partial charge >= 0.3 is 5.97 Å². The molecule has 27 heavy (non-hydrogen) atoms. The van der Waals surface area contributed by atoms with Crippen molar-refractivity contribution in [3.05, 3.63) is 69.1 Å². The van der Waals surface area contributed by atoms with Crippen LogP contribution in [0.5, 0.6) is 5.75 Å². The predicted octanol–water partition coefficient (Wildman–Crippen LogP) is 3.91. The molecule has 0 bridgehead atoms. The quantitative estimate of drug-likeness (QED) is 0.606. The number of rotatable bonds is 4. The Kier molecular flexibility index (Phi) is 4.64. The summed E-state index contributed by atoms with van der Waals surface area (Å²) in [6.07, 6.45) is 0. The van der Waals surface area contributed by atoms with Crippen LogP contribution in [-0.2, 0) is 0 Å². The smallest absolute Gasteiger partial charge is 0.335 e. The minimum atomic E-state index is -1.15. The highest BCUT2D eigenvalue weighted by molar-refractivity contribution is 5.89. The Morgan fingerprint density at radius 2 is 1.78 bits per heavy atom. The highest BCUT2D eigenvalue weighted by atomic mass is 16.4. The number of aryl methyl sites for hydroxylation is 3. The first-order valence-corrected chi connectivity index (χ1v) is 8.15. The average Bonchev–Trinajstić information content (AvgIpc) is 2.90. The molecule has 0 spiro atoms. The van der Waals surface area contributed by atoms with Crippen molar-refractivity contribution in [1.82, 2.24) is 9.78 Å². The SMILES string of the molecule is Cc1ccc(-n2[nH]c(C)c(N=Nc3cc(C(=O)O)ccc3O)c2=O)cc1C.